The SMILES string of the molecule is CCN1CCCC(Nc2ccncc2Br)C1. The Kier molecular flexibility index (Phi) is 4.18. The number of halogens is 1. The van der Waals surface area contributed by atoms with Crippen LogP contribution in [0.4, 0.5) is 5.69 Å². The lowest BCUT2D eigenvalue weighted by Crippen LogP contribution is -2.41. The van der Waals surface area contributed by atoms with Crippen molar-refractivity contribution < 1.29 is 0 Å². The van der Waals surface area contributed by atoms with E-state index >= 15 is 0 Å². The molecule has 16 heavy (non-hydrogen) atoms. The Bertz CT molecular complexity index is 343. The number of pyridine rings is 1. The molecule has 1 saturated heterocycles. The predicted molar refractivity (Wildman–Crippen MR) is 70.7 cm³/mol. The monoisotopic (exact) mass is 283 g/mol. The fraction of sp³-hybridized carbons (Fsp3) is 0.583. The lowest BCUT2D eigenvalue weighted by molar-refractivity contribution is 0.227. The second-order valence-corrected chi connectivity index (χ2v) is 5.09. The third-order valence-corrected chi connectivity index (χ3v) is 3.72. The van der Waals surface area contributed by atoms with Gasteiger partial charge in [-0.05, 0) is 47.9 Å². The molecular weight excluding hydrogens is 266 g/mol. The summed E-state index contributed by atoms with van der Waals surface area (Å²) in [5.74, 6) is 0. The summed E-state index contributed by atoms with van der Waals surface area (Å²) in [6.07, 6.45) is 6.20. The first-order valence-electron chi connectivity index (χ1n) is 5.88. The van der Waals surface area contributed by atoms with Gasteiger partial charge in [0.15, 0.2) is 0 Å². The van der Waals surface area contributed by atoms with Crippen LogP contribution in [-0.2, 0) is 0 Å². The summed E-state index contributed by atoms with van der Waals surface area (Å²) in [6.45, 7) is 5.76. The summed E-state index contributed by atoms with van der Waals surface area (Å²) in [6, 6.07) is 2.59. The van der Waals surface area contributed by atoms with Crippen LogP contribution in [0.25, 0.3) is 0 Å². The Balaban J connectivity index is 1.97. The van der Waals surface area contributed by atoms with Crippen LogP contribution in [0.3, 0.4) is 0 Å². The van der Waals surface area contributed by atoms with Crippen LogP contribution in [-0.4, -0.2) is 35.6 Å². The largest absolute Gasteiger partial charge is 0.380 e. The van der Waals surface area contributed by atoms with Gasteiger partial charge in [0.05, 0.1) is 10.2 Å². The molecule has 1 atom stereocenters. The molecular formula is C12H18BrN3. The van der Waals surface area contributed by atoms with Crippen molar-refractivity contribution in [1.82, 2.24) is 9.88 Å². The van der Waals surface area contributed by atoms with E-state index in [0.717, 1.165) is 23.2 Å². The highest BCUT2D eigenvalue weighted by molar-refractivity contribution is 9.10. The molecule has 0 bridgehead atoms. The third-order valence-electron chi connectivity index (χ3n) is 3.08. The summed E-state index contributed by atoms with van der Waals surface area (Å²) in [7, 11) is 0. The van der Waals surface area contributed by atoms with Gasteiger partial charge in [0.2, 0.25) is 0 Å². The number of anilines is 1. The third kappa shape index (κ3) is 2.95. The molecule has 1 N–H and O–H groups in total. The number of likely N-dealkylation sites (N-methyl/N-ethyl adjacent to an activating group) is 1. The minimum Gasteiger partial charge on any atom is -0.380 e. The second-order valence-electron chi connectivity index (χ2n) is 4.23. The van der Waals surface area contributed by atoms with Gasteiger partial charge in [-0.15, -0.1) is 0 Å². The Morgan fingerprint density at radius 2 is 2.50 bits per heavy atom. The number of likely N-dealkylation sites (tertiary alicyclic amines) is 1. The maximum absolute atomic E-state index is 4.07. The molecule has 1 fully saturated rings. The van der Waals surface area contributed by atoms with E-state index in [-0.39, 0.29) is 0 Å². The van der Waals surface area contributed by atoms with E-state index < -0.39 is 0 Å². The zero-order valence-corrected chi connectivity index (χ0v) is 11.2. The van der Waals surface area contributed by atoms with E-state index in [1.54, 1.807) is 0 Å². The van der Waals surface area contributed by atoms with E-state index in [2.05, 4.69) is 38.1 Å². The van der Waals surface area contributed by atoms with E-state index in [1.807, 2.05) is 18.5 Å². The van der Waals surface area contributed by atoms with Crippen molar-refractivity contribution >= 4 is 21.6 Å². The quantitative estimate of drug-likeness (QED) is 0.925. The molecule has 2 heterocycles. The lowest BCUT2D eigenvalue weighted by atomic mass is 10.1. The van der Waals surface area contributed by atoms with E-state index in [4.69, 9.17) is 0 Å². The summed E-state index contributed by atoms with van der Waals surface area (Å²) >= 11 is 3.52. The van der Waals surface area contributed by atoms with Gasteiger partial charge in [-0.25, -0.2) is 0 Å². The molecule has 0 aliphatic carbocycles. The molecule has 1 aromatic rings. The first-order chi connectivity index (χ1) is 7.79. The average molecular weight is 284 g/mol. The molecule has 0 radical (unpaired) electrons. The van der Waals surface area contributed by atoms with Crippen LogP contribution in [0.5, 0.6) is 0 Å². The molecule has 0 aromatic carbocycles. The van der Waals surface area contributed by atoms with Crippen LogP contribution in [0, 0.1) is 0 Å². The summed E-state index contributed by atoms with van der Waals surface area (Å²) in [4.78, 5) is 6.57. The first-order valence-corrected chi connectivity index (χ1v) is 6.67. The van der Waals surface area contributed by atoms with Gasteiger partial charge in [0.1, 0.15) is 0 Å². The van der Waals surface area contributed by atoms with Crippen molar-refractivity contribution in [2.24, 2.45) is 0 Å². The number of rotatable bonds is 3. The van der Waals surface area contributed by atoms with Gasteiger partial charge < -0.3 is 10.2 Å². The van der Waals surface area contributed by atoms with Crippen molar-refractivity contribution in [3.63, 3.8) is 0 Å². The maximum atomic E-state index is 4.07. The minimum atomic E-state index is 0.562. The van der Waals surface area contributed by atoms with Crippen molar-refractivity contribution in [1.29, 1.82) is 0 Å². The van der Waals surface area contributed by atoms with E-state index in [1.165, 1.54) is 19.4 Å². The maximum Gasteiger partial charge on any atom is 0.0590 e. The molecule has 1 aliphatic rings. The van der Waals surface area contributed by atoms with Crippen molar-refractivity contribution in [2.45, 2.75) is 25.8 Å². The van der Waals surface area contributed by atoms with Crippen LogP contribution >= 0.6 is 15.9 Å². The standard InChI is InChI=1S/C12H18BrN3/c1-2-16-7-3-4-10(9-16)15-12-5-6-14-8-11(12)13/h5-6,8,10H,2-4,7,9H2,1H3,(H,14,15). The molecule has 3 nitrogen and oxygen atoms in total. The predicted octanol–water partition coefficient (Wildman–Crippen LogP) is 2.74. The van der Waals surface area contributed by atoms with Gasteiger partial charge in [-0.1, -0.05) is 6.92 Å². The van der Waals surface area contributed by atoms with E-state index in [9.17, 15) is 0 Å². The number of nitrogens with zero attached hydrogens (tertiary/aromatic N) is 2. The highest BCUT2D eigenvalue weighted by atomic mass is 79.9. The number of hydrogen-bond acceptors (Lipinski definition) is 3. The van der Waals surface area contributed by atoms with Crippen molar-refractivity contribution in [3.05, 3.63) is 22.9 Å². The second kappa shape index (κ2) is 5.64. The molecule has 2 rings (SSSR count). The summed E-state index contributed by atoms with van der Waals surface area (Å²) in [5.41, 5.74) is 1.15. The Morgan fingerprint density at radius 1 is 1.62 bits per heavy atom. The molecule has 0 saturated carbocycles. The molecule has 88 valence electrons. The highest BCUT2D eigenvalue weighted by Gasteiger charge is 2.18. The molecule has 0 amide bonds. The number of hydrogen-bond donors (Lipinski definition) is 1. The van der Waals surface area contributed by atoms with Crippen molar-refractivity contribution in [3.8, 4) is 0 Å². The Hall–Kier alpha value is -0.610. The topological polar surface area (TPSA) is 28.2 Å². The van der Waals surface area contributed by atoms with Gasteiger partial charge in [-0.2, -0.15) is 0 Å². The molecule has 1 unspecified atom stereocenters. The van der Waals surface area contributed by atoms with Crippen LogP contribution in [0.15, 0.2) is 22.9 Å². The normalized spacial score (nSPS) is 22.0. The van der Waals surface area contributed by atoms with Gasteiger partial charge in [0, 0.05) is 25.0 Å². The summed E-state index contributed by atoms with van der Waals surface area (Å²) in [5, 5.41) is 3.58. The number of aromatic nitrogens is 1. The highest BCUT2D eigenvalue weighted by Crippen LogP contribution is 2.23. The molecule has 4 heteroatoms. The van der Waals surface area contributed by atoms with Crippen molar-refractivity contribution in [2.75, 3.05) is 25.0 Å². The van der Waals surface area contributed by atoms with Crippen LogP contribution < -0.4 is 5.32 Å². The first kappa shape index (κ1) is 11.9. The lowest BCUT2D eigenvalue weighted by Gasteiger charge is -2.33. The average Bonchev–Trinajstić information content (AvgIpc) is 2.32. The van der Waals surface area contributed by atoms with Gasteiger partial charge in [-0.3, -0.25) is 4.98 Å². The van der Waals surface area contributed by atoms with Crippen LogP contribution in [0.2, 0.25) is 0 Å². The molecule has 0 spiro atoms. The Morgan fingerprint density at radius 3 is 3.25 bits per heavy atom. The van der Waals surface area contributed by atoms with E-state index in [0.29, 0.717) is 6.04 Å². The smallest absolute Gasteiger partial charge is 0.0590 e. The number of nitrogens with one attached hydrogen (secondary N) is 1. The Labute approximate surface area is 105 Å². The zero-order valence-electron chi connectivity index (χ0n) is 9.62. The van der Waals surface area contributed by atoms with Crippen LogP contribution in [0.1, 0.15) is 19.8 Å². The fourth-order valence-electron chi connectivity index (χ4n) is 2.17. The van der Waals surface area contributed by atoms with Gasteiger partial charge >= 0.3 is 0 Å². The fourth-order valence-corrected chi connectivity index (χ4v) is 2.54. The molecule has 1 aromatic heterocycles. The van der Waals surface area contributed by atoms with Gasteiger partial charge in [0.25, 0.3) is 0 Å². The summed E-state index contributed by atoms with van der Waals surface area (Å²) < 4.78 is 1.05. The zero-order chi connectivity index (χ0) is 11.4. The molecule has 1 aliphatic heterocycles. The number of piperidine rings is 1. The minimum absolute atomic E-state index is 0.562.